The second-order valence-electron chi connectivity index (χ2n) is 6.22. The fraction of sp³-hybridized carbons (Fsp3) is 0.474. The van der Waals surface area contributed by atoms with Crippen LogP contribution < -0.4 is 10.1 Å². The Balaban J connectivity index is 1.66. The minimum absolute atomic E-state index is 0.409. The quantitative estimate of drug-likeness (QED) is 0.768. The Morgan fingerprint density at radius 3 is 2.50 bits per heavy atom. The maximum Gasteiger partial charge on any atom is 0.118 e. The molecule has 1 aromatic carbocycles. The zero-order valence-electron chi connectivity index (χ0n) is 14.1. The van der Waals surface area contributed by atoms with Crippen molar-refractivity contribution in [3.8, 4) is 5.75 Å². The van der Waals surface area contributed by atoms with E-state index >= 15 is 0 Å². The van der Waals surface area contributed by atoms with Crippen LogP contribution in [0.4, 0.5) is 0 Å². The number of piperidine rings is 1. The van der Waals surface area contributed by atoms with Crippen molar-refractivity contribution in [3.05, 3.63) is 51.2 Å². The van der Waals surface area contributed by atoms with Gasteiger partial charge in [-0.1, -0.05) is 30.2 Å². The van der Waals surface area contributed by atoms with Crippen LogP contribution in [0, 0.1) is 0 Å². The third-order valence-electron chi connectivity index (χ3n) is 4.60. The van der Waals surface area contributed by atoms with E-state index in [1.165, 1.54) is 42.8 Å². The minimum atomic E-state index is 0.409. The summed E-state index contributed by atoms with van der Waals surface area (Å²) in [6, 6.07) is 13.0. The van der Waals surface area contributed by atoms with Crippen molar-refractivity contribution in [1.82, 2.24) is 10.2 Å². The number of benzene rings is 1. The van der Waals surface area contributed by atoms with Gasteiger partial charge in [-0.2, -0.15) is 0 Å². The molecular formula is C19H25ClN2OS. The Labute approximate surface area is 153 Å². The van der Waals surface area contributed by atoms with Crippen LogP contribution >= 0.6 is 22.9 Å². The number of nitrogens with zero attached hydrogens (tertiary/aromatic N) is 1. The Kier molecular flexibility index (Phi) is 6.55. The minimum Gasteiger partial charge on any atom is -0.497 e. The molecule has 0 bridgehead atoms. The highest BCUT2D eigenvalue weighted by Gasteiger charge is 2.22. The van der Waals surface area contributed by atoms with E-state index in [1.807, 2.05) is 6.07 Å². The monoisotopic (exact) mass is 364 g/mol. The zero-order chi connectivity index (χ0) is 16.8. The molecule has 1 fully saturated rings. The summed E-state index contributed by atoms with van der Waals surface area (Å²) in [7, 11) is 1.71. The van der Waals surface area contributed by atoms with Gasteiger partial charge in [0.1, 0.15) is 5.75 Å². The van der Waals surface area contributed by atoms with Gasteiger partial charge in [0.05, 0.1) is 11.4 Å². The van der Waals surface area contributed by atoms with E-state index < -0.39 is 0 Å². The molecule has 24 heavy (non-hydrogen) atoms. The van der Waals surface area contributed by atoms with Gasteiger partial charge < -0.3 is 10.1 Å². The van der Waals surface area contributed by atoms with Crippen molar-refractivity contribution < 1.29 is 4.74 Å². The van der Waals surface area contributed by atoms with Crippen molar-refractivity contribution in [1.29, 1.82) is 0 Å². The van der Waals surface area contributed by atoms with Gasteiger partial charge in [0, 0.05) is 24.0 Å². The second-order valence-corrected chi connectivity index (χ2v) is 8.02. The molecular weight excluding hydrogens is 340 g/mol. The largest absolute Gasteiger partial charge is 0.497 e. The summed E-state index contributed by atoms with van der Waals surface area (Å²) >= 11 is 7.67. The van der Waals surface area contributed by atoms with Crippen LogP contribution in [0.3, 0.4) is 0 Å². The fourth-order valence-electron chi connectivity index (χ4n) is 3.29. The first-order valence-corrected chi connectivity index (χ1v) is 9.78. The van der Waals surface area contributed by atoms with Crippen molar-refractivity contribution in [3.63, 3.8) is 0 Å². The summed E-state index contributed by atoms with van der Waals surface area (Å²) in [5.41, 5.74) is 1.36. The molecule has 130 valence electrons. The number of ether oxygens (including phenoxy) is 1. The molecule has 1 aromatic heterocycles. The molecule has 0 amide bonds. The van der Waals surface area contributed by atoms with Crippen molar-refractivity contribution >= 4 is 22.9 Å². The van der Waals surface area contributed by atoms with E-state index in [9.17, 15) is 0 Å². The molecule has 1 aliphatic rings. The van der Waals surface area contributed by atoms with E-state index in [0.717, 1.165) is 23.2 Å². The van der Waals surface area contributed by atoms with Crippen LogP contribution in [-0.4, -0.2) is 31.6 Å². The summed E-state index contributed by atoms with van der Waals surface area (Å²) in [5, 5.41) is 3.62. The third-order valence-corrected chi connectivity index (χ3v) is 5.83. The first-order chi connectivity index (χ1) is 11.8. The SMILES string of the molecule is COc1ccc(C(CNCc2ccc(Cl)s2)N2CCCCC2)cc1. The summed E-state index contributed by atoms with van der Waals surface area (Å²) in [6.45, 7) is 4.19. The average molecular weight is 365 g/mol. The predicted molar refractivity (Wildman–Crippen MR) is 102 cm³/mol. The molecule has 1 aliphatic heterocycles. The van der Waals surface area contributed by atoms with Gasteiger partial charge in [-0.05, 0) is 55.8 Å². The highest BCUT2D eigenvalue weighted by Crippen LogP contribution is 2.26. The van der Waals surface area contributed by atoms with E-state index in [0.29, 0.717) is 6.04 Å². The fourth-order valence-corrected chi connectivity index (χ4v) is 4.35. The molecule has 0 aliphatic carbocycles. The number of hydrogen-bond donors (Lipinski definition) is 1. The number of nitrogens with one attached hydrogen (secondary N) is 1. The van der Waals surface area contributed by atoms with Gasteiger partial charge in [-0.3, -0.25) is 4.90 Å². The molecule has 0 radical (unpaired) electrons. The maximum absolute atomic E-state index is 6.02. The lowest BCUT2D eigenvalue weighted by Gasteiger charge is -2.35. The Hall–Kier alpha value is -1.07. The van der Waals surface area contributed by atoms with Crippen LogP contribution in [0.25, 0.3) is 0 Å². The summed E-state index contributed by atoms with van der Waals surface area (Å²) in [5.74, 6) is 0.914. The molecule has 3 rings (SSSR count). The van der Waals surface area contributed by atoms with Gasteiger partial charge in [0.15, 0.2) is 0 Å². The molecule has 1 saturated heterocycles. The molecule has 2 aromatic rings. The predicted octanol–water partition coefficient (Wildman–Crippen LogP) is 4.73. The van der Waals surface area contributed by atoms with Gasteiger partial charge in [0.2, 0.25) is 0 Å². The maximum atomic E-state index is 6.02. The normalized spacial score (nSPS) is 16.9. The first-order valence-electron chi connectivity index (χ1n) is 8.59. The van der Waals surface area contributed by atoms with Crippen LogP contribution in [0.2, 0.25) is 4.34 Å². The summed E-state index contributed by atoms with van der Waals surface area (Å²) < 4.78 is 6.15. The van der Waals surface area contributed by atoms with Crippen molar-refractivity contribution in [2.75, 3.05) is 26.7 Å². The number of hydrogen-bond acceptors (Lipinski definition) is 4. The molecule has 3 nitrogen and oxygen atoms in total. The average Bonchev–Trinajstić information content (AvgIpc) is 3.05. The lowest BCUT2D eigenvalue weighted by molar-refractivity contribution is 0.160. The van der Waals surface area contributed by atoms with Crippen molar-refractivity contribution in [2.45, 2.75) is 31.8 Å². The molecule has 1 unspecified atom stereocenters. The number of halogens is 1. The summed E-state index contributed by atoms with van der Waals surface area (Å²) in [6.07, 6.45) is 3.95. The van der Waals surface area contributed by atoms with Gasteiger partial charge in [-0.25, -0.2) is 0 Å². The Bertz CT molecular complexity index is 623. The van der Waals surface area contributed by atoms with E-state index in [1.54, 1.807) is 18.4 Å². The van der Waals surface area contributed by atoms with Crippen LogP contribution in [0.15, 0.2) is 36.4 Å². The zero-order valence-corrected chi connectivity index (χ0v) is 15.7. The van der Waals surface area contributed by atoms with E-state index in [4.69, 9.17) is 16.3 Å². The third kappa shape index (κ3) is 4.73. The van der Waals surface area contributed by atoms with Gasteiger partial charge in [0.25, 0.3) is 0 Å². The van der Waals surface area contributed by atoms with Crippen LogP contribution in [0.1, 0.15) is 35.7 Å². The number of methoxy groups -OCH3 is 1. The second kappa shape index (κ2) is 8.86. The highest BCUT2D eigenvalue weighted by molar-refractivity contribution is 7.16. The molecule has 1 N–H and O–H groups in total. The van der Waals surface area contributed by atoms with Gasteiger partial charge >= 0.3 is 0 Å². The van der Waals surface area contributed by atoms with Gasteiger partial charge in [-0.15, -0.1) is 11.3 Å². The Morgan fingerprint density at radius 2 is 1.88 bits per heavy atom. The lowest BCUT2D eigenvalue weighted by atomic mass is 10.0. The molecule has 1 atom stereocenters. The molecule has 2 heterocycles. The van der Waals surface area contributed by atoms with Crippen LogP contribution in [0.5, 0.6) is 5.75 Å². The molecule has 0 spiro atoms. The Morgan fingerprint density at radius 1 is 1.12 bits per heavy atom. The molecule has 0 saturated carbocycles. The lowest BCUT2D eigenvalue weighted by Crippen LogP contribution is -2.38. The van der Waals surface area contributed by atoms with Crippen molar-refractivity contribution in [2.24, 2.45) is 0 Å². The standard InChI is InChI=1S/C19H25ClN2OS/c1-23-16-7-5-15(6-8-16)18(22-11-3-2-4-12-22)14-21-13-17-9-10-19(20)24-17/h5-10,18,21H,2-4,11-14H2,1H3. The van der Waals surface area contributed by atoms with E-state index in [-0.39, 0.29) is 0 Å². The number of likely N-dealkylation sites (tertiary alicyclic amines) is 1. The number of rotatable bonds is 7. The summed E-state index contributed by atoms with van der Waals surface area (Å²) in [4.78, 5) is 3.90. The smallest absolute Gasteiger partial charge is 0.118 e. The topological polar surface area (TPSA) is 24.5 Å². The first kappa shape index (κ1) is 17.7. The highest BCUT2D eigenvalue weighted by atomic mass is 35.5. The van der Waals surface area contributed by atoms with Crippen LogP contribution in [-0.2, 0) is 6.54 Å². The number of thiophene rings is 1. The molecule has 5 heteroatoms. The van der Waals surface area contributed by atoms with E-state index in [2.05, 4.69) is 40.5 Å².